The van der Waals surface area contributed by atoms with Gasteiger partial charge < -0.3 is 10.2 Å². The second-order valence-electron chi connectivity index (χ2n) is 7.54. The van der Waals surface area contributed by atoms with E-state index < -0.39 is 0 Å². The topological polar surface area (TPSA) is 48.5 Å². The highest BCUT2D eigenvalue weighted by Crippen LogP contribution is 2.24. The highest BCUT2D eigenvalue weighted by molar-refractivity contribution is 7.15. The molecule has 1 aliphatic heterocycles. The number of carbonyl (C=O) groups is 1. The molecular formula is C23H24ClFN4OS. The van der Waals surface area contributed by atoms with Gasteiger partial charge in [-0.05, 0) is 48.4 Å². The molecule has 1 fully saturated rings. The monoisotopic (exact) mass is 458 g/mol. The molecule has 2 aromatic carbocycles. The highest BCUT2D eigenvalue weighted by Gasteiger charge is 2.18. The Balaban J connectivity index is 1.29. The first-order valence-electron chi connectivity index (χ1n) is 10.3. The standard InChI is InChI=1S/C23H24ClFN4OS/c24-19-6-4-18(5-7-19)22(30)26-14-21-15-27-23(31-21)29-11-1-10-28(12-13-29)16-17-2-8-20(25)9-3-17/h2-9,15H,1,10-14,16H2,(H,26,30). The van der Waals surface area contributed by atoms with E-state index in [0.717, 1.165) is 54.7 Å². The minimum atomic E-state index is -0.199. The summed E-state index contributed by atoms with van der Waals surface area (Å²) < 4.78 is 13.1. The summed E-state index contributed by atoms with van der Waals surface area (Å²) >= 11 is 7.49. The maximum absolute atomic E-state index is 13.1. The third kappa shape index (κ3) is 6.03. The summed E-state index contributed by atoms with van der Waals surface area (Å²) in [5.41, 5.74) is 1.71. The van der Waals surface area contributed by atoms with Crippen molar-refractivity contribution in [2.24, 2.45) is 0 Å². The number of nitrogens with zero attached hydrogens (tertiary/aromatic N) is 3. The van der Waals surface area contributed by atoms with Crippen molar-refractivity contribution < 1.29 is 9.18 Å². The summed E-state index contributed by atoms with van der Waals surface area (Å²) in [7, 11) is 0. The van der Waals surface area contributed by atoms with Crippen LogP contribution in [0.5, 0.6) is 0 Å². The Hall–Kier alpha value is -2.48. The van der Waals surface area contributed by atoms with E-state index in [1.165, 1.54) is 12.1 Å². The number of hydrogen-bond acceptors (Lipinski definition) is 5. The number of carbonyl (C=O) groups excluding carboxylic acids is 1. The van der Waals surface area contributed by atoms with Gasteiger partial charge in [0.05, 0.1) is 6.54 Å². The lowest BCUT2D eigenvalue weighted by molar-refractivity contribution is 0.0951. The van der Waals surface area contributed by atoms with Gasteiger partial charge >= 0.3 is 0 Å². The lowest BCUT2D eigenvalue weighted by Crippen LogP contribution is -2.30. The van der Waals surface area contributed by atoms with Gasteiger partial charge in [0.15, 0.2) is 5.13 Å². The lowest BCUT2D eigenvalue weighted by Gasteiger charge is -2.21. The van der Waals surface area contributed by atoms with Crippen LogP contribution in [-0.4, -0.2) is 42.0 Å². The van der Waals surface area contributed by atoms with E-state index in [-0.39, 0.29) is 11.7 Å². The maximum Gasteiger partial charge on any atom is 0.251 e. The number of rotatable bonds is 6. The van der Waals surface area contributed by atoms with Crippen LogP contribution in [0.3, 0.4) is 0 Å². The number of amides is 1. The number of aromatic nitrogens is 1. The van der Waals surface area contributed by atoms with Gasteiger partial charge in [-0.1, -0.05) is 23.7 Å². The SMILES string of the molecule is O=C(NCc1cnc(N2CCCN(Cc3ccc(F)cc3)CC2)s1)c1ccc(Cl)cc1. The van der Waals surface area contributed by atoms with E-state index in [1.54, 1.807) is 35.6 Å². The fourth-order valence-electron chi connectivity index (χ4n) is 3.56. The molecule has 1 aliphatic rings. The van der Waals surface area contributed by atoms with Gasteiger partial charge in [0, 0.05) is 54.4 Å². The molecule has 4 rings (SSSR count). The zero-order valence-electron chi connectivity index (χ0n) is 17.1. The predicted molar refractivity (Wildman–Crippen MR) is 123 cm³/mol. The number of anilines is 1. The van der Waals surface area contributed by atoms with Gasteiger partial charge in [-0.3, -0.25) is 9.69 Å². The summed E-state index contributed by atoms with van der Waals surface area (Å²) in [5.74, 6) is -0.326. The van der Waals surface area contributed by atoms with Crippen LogP contribution in [0.4, 0.5) is 9.52 Å². The quantitative estimate of drug-likeness (QED) is 0.587. The van der Waals surface area contributed by atoms with Crippen molar-refractivity contribution in [3.63, 3.8) is 0 Å². The van der Waals surface area contributed by atoms with Crippen LogP contribution in [0.15, 0.2) is 54.7 Å². The van der Waals surface area contributed by atoms with Crippen molar-refractivity contribution in [1.82, 2.24) is 15.2 Å². The molecule has 1 N–H and O–H groups in total. The van der Waals surface area contributed by atoms with E-state index in [9.17, 15) is 9.18 Å². The van der Waals surface area contributed by atoms with Crippen LogP contribution in [-0.2, 0) is 13.1 Å². The molecule has 2 heterocycles. The summed E-state index contributed by atoms with van der Waals surface area (Å²) in [6, 6.07) is 13.6. The fraction of sp³-hybridized carbons (Fsp3) is 0.304. The first kappa shape index (κ1) is 21.7. The van der Waals surface area contributed by atoms with Crippen LogP contribution in [0.2, 0.25) is 5.02 Å². The lowest BCUT2D eigenvalue weighted by atomic mass is 10.2. The Kier molecular flexibility index (Phi) is 7.17. The molecule has 0 bridgehead atoms. The summed E-state index contributed by atoms with van der Waals surface area (Å²) in [4.78, 5) is 22.6. The van der Waals surface area contributed by atoms with Gasteiger partial charge in [-0.2, -0.15) is 0 Å². The van der Waals surface area contributed by atoms with Crippen molar-refractivity contribution in [1.29, 1.82) is 0 Å². The van der Waals surface area contributed by atoms with Gasteiger partial charge in [0.25, 0.3) is 5.91 Å². The smallest absolute Gasteiger partial charge is 0.251 e. The molecule has 31 heavy (non-hydrogen) atoms. The number of nitrogens with one attached hydrogen (secondary N) is 1. The van der Waals surface area contributed by atoms with Crippen LogP contribution in [0, 0.1) is 5.82 Å². The molecule has 8 heteroatoms. The Morgan fingerprint density at radius 2 is 1.84 bits per heavy atom. The molecule has 0 spiro atoms. The van der Waals surface area contributed by atoms with Gasteiger partial charge in [0.2, 0.25) is 0 Å². The average Bonchev–Trinajstić information content (AvgIpc) is 3.13. The van der Waals surface area contributed by atoms with Crippen LogP contribution in [0.25, 0.3) is 0 Å². The minimum Gasteiger partial charge on any atom is -0.347 e. The molecule has 1 aromatic heterocycles. The number of halogens is 2. The molecular weight excluding hydrogens is 435 g/mol. The zero-order chi connectivity index (χ0) is 21.6. The first-order valence-corrected chi connectivity index (χ1v) is 11.5. The largest absolute Gasteiger partial charge is 0.347 e. The Morgan fingerprint density at radius 3 is 2.61 bits per heavy atom. The van der Waals surface area contributed by atoms with Crippen LogP contribution < -0.4 is 10.2 Å². The molecule has 1 amide bonds. The van der Waals surface area contributed by atoms with Crippen molar-refractivity contribution in [2.75, 3.05) is 31.1 Å². The zero-order valence-corrected chi connectivity index (χ0v) is 18.6. The molecule has 3 aromatic rings. The van der Waals surface area contributed by atoms with Crippen molar-refractivity contribution in [3.05, 3.63) is 81.6 Å². The average molecular weight is 459 g/mol. The van der Waals surface area contributed by atoms with Gasteiger partial charge in [0.1, 0.15) is 5.82 Å². The molecule has 162 valence electrons. The molecule has 0 radical (unpaired) electrons. The van der Waals surface area contributed by atoms with E-state index >= 15 is 0 Å². The van der Waals surface area contributed by atoms with E-state index in [4.69, 9.17) is 11.6 Å². The molecule has 5 nitrogen and oxygen atoms in total. The van der Waals surface area contributed by atoms with Gasteiger partial charge in [-0.25, -0.2) is 9.37 Å². The molecule has 0 atom stereocenters. The molecule has 0 aliphatic carbocycles. The van der Waals surface area contributed by atoms with E-state index in [0.29, 0.717) is 17.1 Å². The van der Waals surface area contributed by atoms with E-state index in [2.05, 4.69) is 20.1 Å². The second kappa shape index (κ2) is 10.2. The number of hydrogen-bond donors (Lipinski definition) is 1. The molecule has 1 saturated heterocycles. The number of benzene rings is 2. The second-order valence-corrected chi connectivity index (χ2v) is 9.07. The predicted octanol–water partition coefficient (Wildman–Crippen LogP) is 4.58. The molecule has 0 saturated carbocycles. The highest BCUT2D eigenvalue weighted by atomic mass is 35.5. The third-order valence-electron chi connectivity index (χ3n) is 5.25. The molecule has 0 unspecified atom stereocenters. The van der Waals surface area contributed by atoms with E-state index in [1.807, 2.05) is 18.3 Å². The summed E-state index contributed by atoms with van der Waals surface area (Å²) in [5, 5.41) is 4.53. The Morgan fingerprint density at radius 1 is 1.06 bits per heavy atom. The normalized spacial score (nSPS) is 15.0. The summed E-state index contributed by atoms with van der Waals surface area (Å²) in [6.45, 7) is 5.05. The van der Waals surface area contributed by atoms with Crippen LogP contribution in [0.1, 0.15) is 27.2 Å². The van der Waals surface area contributed by atoms with Crippen molar-refractivity contribution in [2.45, 2.75) is 19.5 Å². The Labute approximate surface area is 190 Å². The van der Waals surface area contributed by atoms with Crippen LogP contribution >= 0.6 is 22.9 Å². The Bertz CT molecular complexity index is 1010. The van der Waals surface area contributed by atoms with Crippen molar-refractivity contribution in [3.8, 4) is 0 Å². The first-order chi connectivity index (χ1) is 15.1. The van der Waals surface area contributed by atoms with Gasteiger partial charge in [-0.15, -0.1) is 11.3 Å². The van der Waals surface area contributed by atoms with Crippen molar-refractivity contribution >= 4 is 34.0 Å². The minimum absolute atomic E-state index is 0.127. The fourth-order valence-corrected chi connectivity index (χ4v) is 4.59. The third-order valence-corrected chi connectivity index (χ3v) is 6.56. The summed E-state index contributed by atoms with van der Waals surface area (Å²) in [6.07, 6.45) is 2.88. The maximum atomic E-state index is 13.1. The number of thiazole rings is 1.